The summed E-state index contributed by atoms with van der Waals surface area (Å²) in [5, 5.41) is 2.66. The van der Waals surface area contributed by atoms with Gasteiger partial charge in [-0.2, -0.15) is 0 Å². The van der Waals surface area contributed by atoms with Crippen LogP contribution < -0.4 is 5.32 Å². The number of amides is 1. The highest BCUT2D eigenvalue weighted by Crippen LogP contribution is 2.18. The Morgan fingerprint density at radius 2 is 2.00 bits per heavy atom. The Labute approximate surface area is 109 Å². The molecule has 0 saturated heterocycles. The van der Waals surface area contributed by atoms with E-state index in [1.807, 2.05) is 0 Å². The lowest BCUT2D eigenvalue weighted by atomic mass is 10.2. The highest BCUT2D eigenvalue weighted by atomic mass is 16.5. The van der Waals surface area contributed by atoms with Crippen LogP contribution in [0.4, 0.5) is 5.69 Å². The molecule has 0 aromatic carbocycles. The van der Waals surface area contributed by atoms with E-state index in [0.717, 1.165) is 5.69 Å². The third-order valence-electron chi connectivity index (χ3n) is 2.53. The van der Waals surface area contributed by atoms with Gasteiger partial charge in [0.1, 0.15) is 5.69 Å². The molecule has 2 heterocycles. The van der Waals surface area contributed by atoms with Gasteiger partial charge in [-0.3, -0.25) is 9.78 Å². The topological polar surface area (TPSA) is 84.1 Å². The van der Waals surface area contributed by atoms with E-state index < -0.39 is 5.97 Å². The van der Waals surface area contributed by atoms with Gasteiger partial charge in [-0.1, -0.05) is 0 Å². The molecule has 0 atom stereocenters. The lowest BCUT2D eigenvalue weighted by Gasteiger charge is -2.05. The Balaban J connectivity index is 2.24. The van der Waals surface area contributed by atoms with E-state index in [1.54, 1.807) is 25.1 Å². The largest absolute Gasteiger partial charge is 0.464 e. The Morgan fingerprint density at radius 1 is 1.32 bits per heavy atom. The molecule has 19 heavy (non-hydrogen) atoms. The van der Waals surface area contributed by atoms with Crippen LogP contribution in [0.1, 0.15) is 26.5 Å². The minimum absolute atomic E-state index is 0.224. The average molecular weight is 259 g/mol. The molecular formula is C13H13N3O3. The second-order valence-electron chi connectivity index (χ2n) is 3.92. The smallest absolute Gasteiger partial charge is 0.356 e. The monoisotopic (exact) mass is 259 g/mol. The Morgan fingerprint density at radius 3 is 2.63 bits per heavy atom. The fraction of sp³-hybridized carbons (Fsp3) is 0.154. The molecule has 2 N–H and O–H groups in total. The van der Waals surface area contributed by atoms with Crippen LogP contribution in [0.15, 0.2) is 30.6 Å². The normalized spacial score (nSPS) is 10.0. The molecule has 0 aliphatic carbocycles. The Kier molecular flexibility index (Phi) is 3.61. The number of carbonyl (C=O) groups excluding carboxylic acids is 2. The quantitative estimate of drug-likeness (QED) is 0.822. The van der Waals surface area contributed by atoms with E-state index in [4.69, 9.17) is 0 Å². The number of nitrogens with one attached hydrogen (secondary N) is 2. The lowest BCUT2D eigenvalue weighted by Crippen LogP contribution is -2.14. The van der Waals surface area contributed by atoms with Crippen LogP contribution in [0, 0.1) is 6.92 Å². The fourth-order valence-corrected chi connectivity index (χ4v) is 1.65. The van der Waals surface area contributed by atoms with Crippen molar-refractivity contribution < 1.29 is 14.3 Å². The van der Waals surface area contributed by atoms with Crippen molar-refractivity contribution in [3.05, 3.63) is 47.5 Å². The highest BCUT2D eigenvalue weighted by molar-refractivity contribution is 6.07. The number of H-pyrrole nitrogens is 1. The van der Waals surface area contributed by atoms with E-state index >= 15 is 0 Å². The van der Waals surface area contributed by atoms with Crippen LogP contribution in [-0.2, 0) is 4.74 Å². The van der Waals surface area contributed by atoms with Gasteiger partial charge < -0.3 is 15.0 Å². The van der Waals surface area contributed by atoms with Crippen molar-refractivity contribution in [1.29, 1.82) is 0 Å². The predicted molar refractivity (Wildman–Crippen MR) is 69.1 cm³/mol. The fourth-order valence-electron chi connectivity index (χ4n) is 1.65. The van der Waals surface area contributed by atoms with E-state index in [0.29, 0.717) is 11.3 Å². The molecule has 0 saturated carbocycles. The van der Waals surface area contributed by atoms with Gasteiger partial charge in [0.15, 0.2) is 0 Å². The summed E-state index contributed by atoms with van der Waals surface area (Å²) in [7, 11) is 1.28. The first-order valence-corrected chi connectivity index (χ1v) is 5.61. The maximum Gasteiger partial charge on any atom is 0.356 e. The molecule has 0 aliphatic heterocycles. The molecule has 2 aromatic rings. The van der Waals surface area contributed by atoms with Crippen LogP contribution >= 0.6 is 0 Å². The van der Waals surface area contributed by atoms with Crippen molar-refractivity contribution in [2.45, 2.75) is 6.92 Å². The first-order valence-electron chi connectivity index (χ1n) is 5.61. The standard InChI is InChI=1S/C13H13N3O3/c1-8-7-10(11(15-8)13(18)19-2)16-12(17)9-3-5-14-6-4-9/h3-7,15H,1-2H3,(H,16,17). The predicted octanol–water partition coefficient (Wildman–Crippen LogP) is 1.76. The Hall–Kier alpha value is -2.63. The first kappa shape index (κ1) is 12.8. The van der Waals surface area contributed by atoms with Gasteiger partial charge in [-0.05, 0) is 25.1 Å². The molecule has 0 spiro atoms. The van der Waals surface area contributed by atoms with Gasteiger partial charge in [-0.25, -0.2) is 4.79 Å². The number of esters is 1. The number of aromatic nitrogens is 2. The van der Waals surface area contributed by atoms with Gasteiger partial charge in [0.2, 0.25) is 0 Å². The number of anilines is 1. The molecule has 0 aliphatic rings. The number of carbonyl (C=O) groups is 2. The summed E-state index contributed by atoms with van der Waals surface area (Å²) in [6.07, 6.45) is 3.05. The third-order valence-corrected chi connectivity index (χ3v) is 2.53. The number of aryl methyl sites for hydroxylation is 1. The van der Waals surface area contributed by atoms with E-state index in [1.165, 1.54) is 19.5 Å². The van der Waals surface area contributed by atoms with Crippen molar-refractivity contribution in [2.75, 3.05) is 12.4 Å². The number of pyridine rings is 1. The zero-order valence-corrected chi connectivity index (χ0v) is 10.6. The van der Waals surface area contributed by atoms with Gasteiger partial charge in [0.25, 0.3) is 5.91 Å². The zero-order valence-electron chi connectivity index (χ0n) is 10.6. The molecule has 2 aromatic heterocycles. The van der Waals surface area contributed by atoms with Crippen LogP contribution in [0.5, 0.6) is 0 Å². The second-order valence-corrected chi connectivity index (χ2v) is 3.92. The maximum absolute atomic E-state index is 12.0. The summed E-state index contributed by atoms with van der Waals surface area (Å²) in [5.74, 6) is -0.843. The summed E-state index contributed by atoms with van der Waals surface area (Å²) in [6.45, 7) is 1.79. The van der Waals surface area contributed by atoms with Crippen LogP contribution in [0.25, 0.3) is 0 Å². The summed E-state index contributed by atoms with van der Waals surface area (Å²) in [4.78, 5) is 30.2. The molecule has 6 nitrogen and oxygen atoms in total. The molecule has 6 heteroatoms. The number of ether oxygens (including phenoxy) is 1. The number of methoxy groups -OCH3 is 1. The zero-order chi connectivity index (χ0) is 13.8. The SMILES string of the molecule is COC(=O)c1[nH]c(C)cc1NC(=O)c1ccncc1. The van der Waals surface area contributed by atoms with Gasteiger partial charge >= 0.3 is 5.97 Å². The molecule has 0 radical (unpaired) electrons. The molecule has 0 bridgehead atoms. The molecule has 98 valence electrons. The van der Waals surface area contributed by atoms with Crippen LogP contribution in [0.2, 0.25) is 0 Å². The number of rotatable bonds is 3. The molecule has 1 amide bonds. The van der Waals surface area contributed by atoms with Gasteiger partial charge in [0, 0.05) is 23.7 Å². The number of nitrogens with zero attached hydrogens (tertiary/aromatic N) is 1. The van der Waals surface area contributed by atoms with Crippen molar-refractivity contribution in [3.63, 3.8) is 0 Å². The van der Waals surface area contributed by atoms with Crippen LogP contribution in [0.3, 0.4) is 0 Å². The summed E-state index contributed by atoms with van der Waals surface area (Å²) in [5.41, 5.74) is 1.84. The molecule has 0 fully saturated rings. The molecule has 0 unspecified atom stereocenters. The van der Waals surface area contributed by atoms with E-state index in [-0.39, 0.29) is 11.6 Å². The maximum atomic E-state index is 12.0. The average Bonchev–Trinajstić information content (AvgIpc) is 2.79. The summed E-state index contributed by atoms with van der Waals surface area (Å²) >= 11 is 0. The first-order chi connectivity index (χ1) is 9.11. The molecule has 2 rings (SSSR count). The number of hydrogen-bond acceptors (Lipinski definition) is 4. The van der Waals surface area contributed by atoms with Crippen LogP contribution in [-0.4, -0.2) is 29.0 Å². The summed E-state index contributed by atoms with van der Waals surface area (Å²) < 4.78 is 4.65. The van der Waals surface area contributed by atoms with Crippen molar-refractivity contribution in [1.82, 2.24) is 9.97 Å². The van der Waals surface area contributed by atoms with E-state index in [2.05, 4.69) is 20.0 Å². The minimum atomic E-state index is -0.530. The third kappa shape index (κ3) is 2.79. The number of hydrogen-bond donors (Lipinski definition) is 2. The summed E-state index contributed by atoms with van der Waals surface area (Å²) in [6, 6.07) is 4.85. The minimum Gasteiger partial charge on any atom is -0.464 e. The Bertz CT molecular complexity index is 605. The van der Waals surface area contributed by atoms with E-state index in [9.17, 15) is 9.59 Å². The van der Waals surface area contributed by atoms with Crippen molar-refractivity contribution in [2.24, 2.45) is 0 Å². The van der Waals surface area contributed by atoms with Gasteiger partial charge in [-0.15, -0.1) is 0 Å². The van der Waals surface area contributed by atoms with Gasteiger partial charge in [0.05, 0.1) is 12.8 Å². The van der Waals surface area contributed by atoms with Crippen molar-refractivity contribution >= 4 is 17.6 Å². The molecular weight excluding hydrogens is 246 g/mol. The second kappa shape index (κ2) is 5.34. The lowest BCUT2D eigenvalue weighted by molar-refractivity contribution is 0.0596. The number of aromatic amines is 1. The highest BCUT2D eigenvalue weighted by Gasteiger charge is 2.17. The van der Waals surface area contributed by atoms with Crippen molar-refractivity contribution in [3.8, 4) is 0 Å².